The fourth-order valence-electron chi connectivity index (χ4n) is 4.36. The third kappa shape index (κ3) is 6.12. The lowest BCUT2D eigenvalue weighted by Gasteiger charge is -2.35. The molecule has 0 radical (unpaired) electrons. The van der Waals surface area contributed by atoms with Crippen molar-refractivity contribution in [1.82, 2.24) is 0 Å². The highest BCUT2D eigenvalue weighted by Gasteiger charge is 2.29. The molecule has 0 saturated heterocycles. The van der Waals surface area contributed by atoms with Gasteiger partial charge in [-0.05, 0) is 68.1 Å². The largest absolute Gasteiger partial charge is 0.497 e. The van der Waals surface area contributed by atoms with E-state index in [0.717, 1.165) is 53.4 Å². The minimum absolute atomic E-state index is 0.130. The highest BCUT2D eigenvalue weighted by Crippen LogP contribution is 2.40. The maximum absolute atomic E-state index is 6.43. The van der Waals surface area contributed by atoms with E-state index in [1.807, 2.05) is 12.3 Å². The van der Waals surface area contributed by atoms with Crippen molar-refractivity contribution in [2.45, 2.75) is 78.9 Å². The maximum Gasteiger partial charge on any atom is 0.136 e. The third-order valence-electron chi connectivity index (χ3n) is 6.65. The molecule has 0 amide bonds. The molecule has 168 valence electrons. The van der Waals surface area contributed by atoms with Gasteiger partial charge in [0.15, 0.2) is 0 Å². The average Bonchev–Trinajstić information content (AvgIpc) is 2.78. The highest BCUT2D eigenvalue weighted by atomic mass is 16.5. The first kappa shape index (κ1) is 23.4. The Balaban J connectivity index is 1.92. The Bertz CT molecular complexity index is 859. The van der Waals surface area contributed by atoms with Gasteiger partial charge in [0.2, 0.25) is 0 Å². The van der Waals surface area contributed by atoms with Gasteiger partial charge in [-0.25, -0.2) is 0 Å². The molecule has 0 aromatic heterocycles. The molecule has 0 heterocycles. The SMILES string of the molecule is CCC(C)Oc1c(/C=N/C2CCC(C(C)(C)C)CC2)cc(OC)cc1-c1ccccc1. The van der Waals surface area contributed by atoms with Crippen LogP contribution in [0.25, 0.3) is 11.1 Å². The zero-order valence-corrected chi connectivity index (χ0v) is 20.2. The number of hydrogen-bond donors (Lipinski definition) is 0. The number of ether oxygens (including phenoxy) is 2. The summed E-state index contributed by atoms with van der Waals surface area (Å²) in [5, 5.41) is 0. The van der Waals surface area contributed by atoms with Crippen LogP contribution >= 0.6 is 0 Å². The highest BCUT2D eigenvalue weighted by molar-refractivity contribution is 5.90. The predicted octanol–water partition coefficient (Wildman–Crippen LogP) is 7.56. The maximum atomic E-state index is 6.43. The normalized spacial score (nSPS) is 20.6. The molecule has 0 bridgehead atoms. The van der Waals surface area contributed by atoms with Crippen LogP contribution in [0.4, 0.5) is 0 Å². The van der Waals surface area contributed by atoms with Crippen LogP contribution < -0.4 is 9.47 Å². The lowest BCUT2D eigenvalue weighted by atomic mass is 9.71. The Kier molecular flexibility index (Phi) is 7.80. The zero-order valence-electron chi connectivity index (χ0n) is 20.2. The van der Waals surface area contributed by atoms with Crippen molar-refractivity contribution in [2.24, 2.45) is 16.3 Å². The van der Waals surface area contributed by atoms with Crippen LogP contribution in [-0.2, 0) is 0 Å². The third-order valence-corrected chi connectivity index (χ3v) is 6.65. The molecule has 3 rings (SSSR count). The number of benzene rings is 2. The molecule has 31 heavy (non-hydrogen) atoms. The van der Waals surface area contributed by atoms with E-state index in [9.17, 15) is 0 Å². The fourth-order valence-corrected chi connectivity index (χ4v) is 4.36. The number of hydrogen-bond acceptors (Lipinski definition) is 3. The fraction of sp³-hybridized carbons (Fsp3) is 0.536. The van der Waals surface area contributed by atoms with E-state index in [4.69, 9.17) is 14.5 Å². The molecule has 1 atom stereocenters. The van der Waals surface area contributed by atoms with E-state index in [-0.39, 0.29) is 6.10 Å². The Morgan fingerprint density at radius 3 is 2.32 bits per heavy atom. The van der Waals surface area contributed by atoms with Crippen LogP contribution in [0, 0.1) is 11.3 Å². The van der Waals surface area contributed by atoms with Crippen LogP contribution in [0.2, 0.25) is 0 Å². The Morgan fingerprint density at radius 2 is 1.74 bits per heavy atom. The number of nitrogens with zero attached hydrogens (tertiary/aromatic N) is 1. The summed E-state index contributed by atoms with van der Waals surface area (Å²) in [7, 11) is 1.72. The molecular formula is C28H39NO2. The number of methoxy groups -OCH3 is 1. The molecule has 0 N–H and O–H groups in total. The van der Waals surface area contributed by atoms with Gasteiger partial charge >= 0.3 is 0 Å². The summed E-state index contributed by atoms with van der Waals surface area (Å²) in [5.74, 6) is 2.52. The lowest BCUT2D eigenvalue weighted by molar-refractivity contribution is 0.170. The van der Waals surface area contributed by atoms with Gasteiger partial charge in [-0.15, -0.1) is 0 Å². The van der Waals surface area contributed by atoms with E-state index in [1.165, 1.54) is 12.8 Å². The van der Waals surface area contributed by atoms with Crippen molar-refractivity contribution in [1.29, 1.82) is 0 Å². The van der Waals surface area contributed by atoms with Crippen molar-refractivity contribution in [3.05, 3.63) is 48.0 Å². The zero-order chi connectivity index (χ0) is 22.4. The summed E-state index contributed by atoms with van der Waals surface area (Å²) < 4.78 is 12.1. The Labute approximate surface area is 188 Å². The van der Waals surface area contributed by atoms with E-state index >= 15 is 0 Å². The van der Waals surface area contributed by atoms with Crippen LogP contribution in [0.3, 0.4) is 0 Å². The molecule has 1 aliphatic rings. The molecule has 0 aliphatic heterocycles. The molecule has 3 heteroatoms. The van der Waals surface area contributed by atoms with E-state index < -0.39 is 0 Å². The number of rotatable bonds is 7. The summed E-state index contributed by atoms with van der Waals surface area (Å²) in [6.45, 7) is 11.4. The molecule has 2 aromatic rings. The van der Waals surface area contributed by atoms with Crippen LogP contribution in [0.5, 0.6) is 11.5 Å². The van der Waals surface area contributed by atoms with Gasteiger partial charge in [0.05, 0.1) is 13.2 Å². The molecule has 1 aliphatic carbocycles. The minimum atomic E-state index is 0.130. The molecule has 1 saturated carbocycles. The summed E-state index contributed by atoms with van der Waals surface area (Å²) in [5.41, 5.74) is 3.57. The summed E-state index contributed by atoms with van der Waals surface area (Å²) in [4.78, 5) is 5.01. The smallest absolute Gasteiger partial charge is 0.136 e. The summed E-state index contributed by atoms with van der Waals surface area (Å²) in [6.07, 6.45) is 7.95. The monoisotopic (exact) mass is 421 g/mol. The van der Waals surface area contributed by atoms with Gasteiger partial charge in [0.1, 0.15) is 11.5 Å². The molecule has 0 spiro atoms. The van der Waals surface area contributed by atoms with Crippen LogP contribution in [-0.4, -0.2) is 25.5 Å². The van der Waals surface area contributed by atoms with Gasteiger partial charge in [0.25, 0.3) is 0 Å². The first-order chi connectivity index (χ1) is 14.8. The van der Waals surface area contributed by atoms with Crippen molar-refractivity contribution in [3.8, 4) is 22.6 Å². The first-order valence-corrected chi connectivity index (χ1v) is 11.8. The van der Waals surface area contributed by atoms with E-state index in [2.05, 4.69) is 71.0 Å². The molecule has 1 unspecified atom stereocenters. The van der Waals surface area contributed by atoms with Crippen molar-refractivity contribution in [2.75, 3.05) is 7.11 Å². The lowest BCUT2D eigenvalue weighted by Crippen LogP contribution is -2.27. The Hall–Kier alpha value is -2.29. The molecule has 3 nitrogen and oxygen atoms in total. The second-order valence-electron chi connectivity index (χ2n) is 9.95. The predicted molar refractivity (Wildman–Crippen MR) is 132 cm³/mol. The van der Waals surface area contributed by atoms with Crippen molar-refractivity contribution < 1.29 is 9.47 Å². The molecule has 2 aromatic carbocycles. The quantitative estimate of drug-likeness (QED) is 0.432. The molecular weight excluding hydrogens is 382 g/mol. The van der Waals surface area contributed by atoms with Gasteiger partial charge in [-0.3, -0.25) is 4.99 Å². The van der Waals surface area contributed by atoms with Crippen molar-refractivity contribution >= 4 is 6.21 Å². The van der Waals surface area contributed by atoms with E-state index in [1.54, 1.807) is 7.11 Å². The number of aliphatic imine (C=N–C) groups is 1. The van der Waals surface area contributed by atoms with Gasteiger partial charge < -0.3 is 9.47 Å². The van der Waals surface area contributed by atoms with Crippen LogP contribution in [0.1, 0.15) is 72.3 Å². The van der Waals surface area contributed by atoms with E-state index in [0.29, 0.717) is 11.5 Å². The molecule has 1 fully saturated rings. The second kappa shape index (κ2) is 10.3. The van der Waals surface area contributed by atoms with Gasteiger partial charge in [-0.1, -0.05) is 58.0 Å². The van der Waals surface area contributed by atoms with Gasteiger partial charge in [-0.2, -0.15) is 0 Å². The topological polar surface area (TPSA) is 30.8 Å². The van der Waals surface area contributed by atoms with Gasteiger partial charge in [0, 0.05) is 23.4 Å². The second-order valence-corrected chi connectivity index (χ2v) is 9.95. The minimum Gasteiger partial charge on any atom is -0.497 e. The Morgan fingerprint density at radius 1 is 1.06 bits per heavy atom. The average molecular weight is 422 g/mol. The standard InChI is InChI=1S/C28H39NO2/c1-7-20(2)31-27-22(19-29-24-15-13-23(14-16-24)28(3,4)5)17-25(30-6)18-26(27)21-11-9-8-10-12-21/h8-12,17-20,23-24H,7,13-16H2,1-6H3/b29-19+. The first-order valence-electron chi connectivity index (χ1n) is 11.8. The summed E-state index contributed by atoms with van der Waals surface area (Å²) >= 11 is 0. The summed E-state index contributed by atoms with van der Waals surface area (Å²) in [6, 6.07) is 14.9. The van der Waals surface area contributed by atoms with Crippen LogP contribution in [0.15, 0.2) is 47.5 Å². The van der Waals surface area contributed by atoms with Crippen molar-refractivity contribution in [3.63, 3.8) is 0 Å².